The van der Waals surface area contributed by atoms with Crippen molar-refractivity contribution in [3.05, 3.63) is 191 Å². The summed E-state index contributed by atoms with van der Waals surface area (Å²) < 4.78 is 0. The fraction of sp³-hybridized carbons (Fsp3) is 0.218. The van der Waals surface area contributed by atoms with Gasteiger partial charge in [-0.1, -0.05) is 143 Å². The zero-order valence-electron chi connectivity index (χ0n) is 34.7. The molecule has 4 nitrogen and oxygen atoms in total. The van der Waals surface area contributed by atoms with Gasteiger partial charge in [0.15, 0.2) is 5.82 Å². The molecule has 1 unspecified atom stereocenters. The average Bonchev–Trinajstić information content (AvgIpc) is 3.61. The summed E-state index contributed by atoms with van der Waals surface area (Å²) in [5, 5.41) is 10.6. The Morgan fingerprint density at radius 2 is 1.29 bits per heavy atom. The lowest BCUT2D eigenvalue weighted by molar-refractivity contribution is 0.0810. The first-order chi connectivity index (χ1) is 28.3. The monoisotopic (exact) mass is 767 g/mol. The second-order valence-electron chi connectivity index (χ2n) is 18.3. The maximum Gasteiger partial charge on any atom is 0.161 e. The quantitative estimate of drug-likeness (QED) is 0.175. The number of pyridine rings is 1. The molecule has 10 rings (SSSR count). The second-order valence-corrected chi connectivity index (χ2v) is 18.3. The van der Waals surface area contributed by atoms with Crippen LogP contribution >= 0.6 is 0 Å². The largest absolute Gasteiger partial charge is 0.390 e. The molecule has 2 aromatic heterocycles. The van der Waals surface area contributed by atoms with Gasteiger partial charge in [-0.15, -0.1) is 0 Å². The van der Waals surface area contributed by atoms with Gasteiger partial charge in [0.25, 0.3) is 0 Å². The van der Waals surface area contributed by atoms with Crippen LogP contribution in [0.1, 0.15) is 93.0 Å². The van der Waals surface area contributed by atoms with E-state index in [-0.39, 0.29) is 10.8 Å². The molecule has 3 aliphatic carbocycles. The number of hydrogen-bond donors (Lipinski definition) is 1. The molecule has 0 amide bonds. The number of hydrogen-bond acceptors (Lipinski definition) is 4. The number of benzene rings is 5. The molecule has 290 valence electrons. The van der Waals surface area contributed by atoms with Crippen molar-refractivity contribution in [2.75, 3.05) is 0 Å². The van der Waals surface area contributed by atoms with Gasteiger partial charge in [-0.25, -0.2) is 9.97 Å². The predicted octanol–water partition coefficient (Wildman–Crippen LogP) is 12.9. The highest BCUT2D eigenvalue weighted by molar-refractivity contribution is 5.89. The Bertz CT molecular complexity index is 2870. The summed E-state index contributed by atoms with van der Waals surface area (Å²) in [5.41, 5.74) is 18.7. The van der Waals surface area contributed by atoms with E-state index < -0.39 is 5.60 Å². The fourth-order valence-corrected chi connectivity index (χ4v) is 9.88. The molecule has 4 heteroatoms. The van der Waals surface area contributed by atoms with E-state index in [4.69, 9.17) is 9.97 Å². The summed E-state index contributed by atoms with van der Waals surface area (Å²) in [7, 11) is 0. The Kier molecular flexibility index (Phi) is 8.59. The molecule has 0 radical (unpaired) electrons. The normalized spacial score (nSPS) is 16.9. The van der Waals surface area contributed by atoms with E-state index in [0.29, 0.717) is 18.2 Å². The molecule has 0 bridgehead atoms. The summed E-state index contributed by atoms with van der Waals surface area (Å²) >= 11 is 0. The molecule has 0 aliphatic heterocycles. The van der Waals surface area contributed by atoms with Crippen LogP contribution in [-0.4, -0.2) is 25.7 Å². The lowest BCUT2D eigenvalue weighted by Gasteiger charge is -2.23. The van der Waals surface area contributed by atoms with Crippen LogP contribution in [-0.2, 0) is 17.3 Å². The Hall–Kier alpha value is -6.23. The van der Waals surface area contributed by atoms with Crippen molar-refractivity contribution in [3.8, 4) is 56.0 Å². The molecule has 7 aromatic rings. The van der Waals surface area contributed by atoms with E-state index in [1.54, 1.807) is 0 Å². The molecule has 0 spiro atoms. The number of aromatic nitrogens is 3. The Balaban J connectivity index is 1.09. The lowest BCUT2D eigenvalue weighted by atomic mass is 9.81. The smallest absolute Gasteiger partial charge is 0.161 e. The Labute approximate surface area is 348 Å². The molecule has 3 aliphatic rings. The van der Waals surface area contributed by atoms with Crippen molar-refractivity contribution < 1.29 is 5.11 Å². The van der Waals surface area contributed by atoms with Crippen LogP contribution in [0.3, 0.4) is 0 Å². The third kappa shape index (κ3) is 6.38. The number of allylic oxidation sites excluding steroid dienone is 4. The molecule has 5 aromatic carbocycles. The lowest BCUT2D eigenvalue weighted by Crippen LogP contribution is -2.22. The molecule has 59 heavy (non-hydrogen) atoms. The van der Waals surface area contributed by atoms with E-state index in [2.05, 4.69) is 172 Å². The van der Waals surface area contributed by atoms with Crippen LogP contribution in [0.15, 0.2) is 152 Å². The van der Waals surface area contributed by atoms with Crippen molar-refractivity contribution in [2.24, 2.45) is 0 Å². The number of aliphatic hydroxyl groups is 1. The molecule has 1 N–H and O–H groups in total. The zero-order valence-corrected chi connectivity index (χ0v) is 34.7. The van der Waals surface area contributed by atoms with Crippen LogP contribution in [0, 0.1) is 0 Å². The summed E-state index contributed by atoms with van der Waals surface area (Å²) in [6.07, 6.45) is 12.2. The van der Waals surface area contributed by atoms with E-state index in [9.17, 15) is 5.11 Å². The highest BCUT2D eigenvalue weighted by Gasteiger charge is 2.37. The van der Waals surface area contributed by atoms with Crippen molar-refractivity contribution in [1.82, 2.24) is 15.0 Å². The Morgan fingerprint density at radius 1 is 0.610 bits per heavy atom. The minimum absolute atomic E-state index is 0.127. The number of nitrogens with zero attached hydrogens (tertiary/aromatic N) is 3. The maximum absolute atomic E-state index is 10.6. The maximum atomic E-state index is 10.6. The van der Waals surface area contributed by atoms with E-state index in [1.165, 1.54) is 50.1 Å². The average molecular weight is 768 g/mol. The summed E-state index contributed by atoms with van der Waals surface area (Å²) in [5.74, 6) is 1.01. The van der Waals surface area contributed by atoms with Gasteiger partial charge >= 0.3 is 0 Å². The van der Waals surface area contributed by atoms with Crippen LogP contribution in [0.5, 0.6) is 0 Å². The molecule has 0 saturated carbocycles. The molecule has 2 heterocycles. The third-order valence-corrected chi connectivity index (χ3v) is 13.0. The van der Waals surface area contributed by atoms with Gasteiger partial charge in [0, 0.05) is 52.3 Å². The topological polar surface area (TPSA) is 58.9 Å². The van der Waals surface area contributed by atoms with Gasteiger partial charge in [-0.3, -0.25) is 4.98 Å². The summed E-state index contributed by atoms with van der Waals surface area (Å²) in [4.78, 5) is 15.4. The van der Waals surface area contributed by atoms with Crippen molar-refractivity contribution in [2.45, 2.75) is 76.7 Å². The van der Waals surface area contributed by atoms with Crippen LogP contribution < -0.4 is 0 Å². The summed E-state index contributed by atoms with van der Waals surface area (Å²) in [6.45, 7) is 13.0. The van der Waals surface area contributed by atoms with Gasteiger partial charge < -0.3 is 5.11 Å². The van der Waals surface area contributed by atoms with E-state index >= 15 is 0 Å². The van der Waals surface area contributed by atoms with Crippen molar-refractivity contribution >= 4 is 5.57 Å². The SMILES string of the molecule is CC(C)(O)Cc1ccc2c(c1)C(C)(C)c1ccc(-c3cnccc3-c3nc(C4=CCC(c5ccccc5)C=C4)cc(-c4ccc5c(c4)C(C)(C)c4ccccc4-5)n3)cc1-2. The minimum Gasteiger partial charge on any atom is -0.390 e. The zero-order chi connectivity index (χ0) is 40.7. The van der Waals surface area contributed by atoms with Crippen LogP contribution in [0.4, 0.5) is 0 Å². The first kappa shape index (κ1) is 37.1. The first-order valence-corrected chi connectivity index (χ1v) is 20.9. The third-order valence-electron chi connectivity index (χ3n) is 13.0. The first-order valence-electron chi connectivity index (χ1n) is 20.9. The Morgan fingerprint density at radius 3 is 2.07 bits per heavy atom. The van der Waals surface area contributed by atoms with Crippen molar-refractivity contribution in [1.29, 1.82) is 0 Å². The molecule has 0 fully saturated rings. The second kappa shape index (κ2) is 13.7. The van der Waals surface area contributed by atoms with Gasteiger partial charge in [0.2, 0.25) is 0 Å². The molecular weight excluding hydrogens is 719 g/mol. The van der Waals surface area contributed by atoms with E-state index in [0.717, 1.165) is 51.2 Å². The number of rotatable bonds is 7. The number of fused-ring (bicyclic) bond motifs is 6. The van der Waals surface area contributed by atoms with Gasteiger partial charge in [-0.05, 0) is 111 Å². The fourth-order valence-electron chi connectivity index (χ4n) is 9.88. The standard InChI is InChI=1S/C55H49N3O/c1-53(2,59)32-34-16-23-42-44-29-38(22-25-47(44)55(5,6)48(42)28-34)45-33-56-27-26-43(45)52-57-50(37-19-17-36(18-20-37)35-12-8-7-9-13-35)31-51(58-52)39-21-24-41-40-14-10-11-15-46(40)54(3,4)49(41)30-39/h7-17,19-31,33,36,59H,18,32H2,1-6H3. The highest BCUT2D eigenvalue weighted by Crippen LogP contribution is 2.52. The van der Waals surface area contributed by atoms with Crippen LogP contribution in [0.2, 0.25) is 0 Å². The highest BCUT2D eigenvalue weighted by atomic mass is 16.3. The summed E-state index contributed by atoms with van der Waals surface area (Å²) in [6, 6.07) is 44.1. The van der Waals surface area contributed by atoms with Gasteiger partial charge in [-0.2, -0.15) is 0 Å². The van der Waals surface area contributed by atoms with Gasteiger partial charge in [0.05, 0.1) is 17.0 Å². The molecule has 1 atom stereocenters. The van der Waals surface area contributed by atoms with Crippen LogP contribution in [0.25, 0.3) is 61.6 Å². The van der Waals surface area contributed by atoms with E-state index in [1.807, 2.05) is 26.2 Å². The molecular formula is C55H49N3O. The predicted molar refractivity (Wildman–Crippen MR) is 242 cm³/mol. The van der Waals surface area contributed by atoms with Gasteiger partial charge in [0.1, 0.15) is 0 Å². The molecule has 0 saturated heterocycles. The minimum atomic E-state index is -0.773. The van der Waals surface area contributed by atoms with Crippen molar-refractivity contribution in [3.63, 3.8) is 0 Å².